The van der Waals surface area contributed by atoms with E-state index in [9.17, 15) is 0 Å². The molecule has 12 heavy (non-hydrogen) atoms. The van der Waals surface area contributed by atoms with Crippen LogP contribution in [-0.4, -0.2) is 4.98 Å². The zero-order valence-electron chi connectivity index (χ0n) is 5.95. The molecule has 0 bridgehead atoms. The first-order chi connectivity index (χ1) is 5.84. The lowest BCUT2D eigenvalue weighted by Crippen LogP contribution is -1.85. The summed E-state index contributed by atoms with van der Waals surface area (Å²) in [6.07, 6.45) is 0. The van der Waals surface area contributed by atoms with E-state index in [4.69, 9.17) is 11.6 Å². The Hall–Kier alpha value is -0.580. The largest absolute Gasteiger partial charge is 0.331 e. The molecule has 1 N–H and O–H groups in total. The lowest BCUT2D eigenvalue weighted by molar-refractivity contribution is 1.40. The molecule has 2 rings (SSSR count). The van der Waals surface area contributed by atoms with Gasteiger partial charge in [0.05, 0.1) is 5.69 Å². The second kappa shape index (κ2) is 3.43. The second-order valence-electron chi connectivity index (χ2n) is 2.11. The topological polar surface area (TPSA) is 24.9 Å². The average molecular weight is 217 g/mol. The van der Waals surface area contributed by atoms with Crippen LogP contribution in [0.5, 0.6) is 0 Å². The van der Waals surface area contributed by atoms with Gasteiger partial charge < -0.3 is 5.32 Å². The molecule has 0 fully saturated rings. The molecule has 0 aliphatic heterocycles. The van der Waals surface area contributed by atoms with Gasteiger partial charge in [0.2, 0.25) is 0 Å². The van der Waals surface area contributed by atoms with Crippen molar-refractivity contribution in [3.8, 4) is 0 Å². The minimum Gasteiger partial charge on any atom is -0.331 e. The van der Waals surface area contributed by atoms with E-state index in [1.165, 1.54) is 11.3 Å². The number of nitrogens with one attached hydrogen (secondary N) is 1. The van der Waals surface area contributed by atoms with Gasteiger partial charge in [0.15, 0.2) is 5.13 Å². The summed E-state index contributed by atoms with van der Waals surface area (Å²) in [5, 5.41) is 10.3. The van der Waals surface area contributed by atoms with Crippen molar-refractivity contribution in [1.29, 1.82) is 0 Å². The van der Waals surface area contributed by atoms with Crippen LogP contribution in [0.4, 0.5) is 10.8 Å². The molecule has 0 aliphatic carbocycles. The zero-order valence-corrected chi connectivity index (χ0v) is 8.34. The highest BCUT2D eigenvalue weighted by atomic mass is 35.5. The van der Waals surface area contributed by atoms with Gasteiger partial charge in [-0.05, 0) is 11.4 Å². The number of aromatic nitrogens is 1. The maximum atomic E-state index is 5.66. The summed E-state index contributed by atoms with van der Waals surface area (Å²) in [7, 11) is 0. The third-order valence-electron chi connectivity index (χ3n) is 1.25. The van der Waals surface area contributed by atoms with Crippen LogP contribution in [0.25, 0.3) is 0 Å². The number of thiophene rings is 1. The molecule has 5 heteroatoms. The van der Waals surface area contributed by atoms with Crippen molar-refractivity contribution in [1.82, 2.24) is 4.98 Å². The van der Waals surface area contributed by atoms with Crippen LogP contribution < -0.4 is 5.32 Å². The van der Waals surface area contributed by atoms with Crippen molar-refractivity contribution in [3.05, 3.63) is 27.4 Å². The Morgan fingerprint density at radius 3 is 2.92 bits per heavy atom. The molecule has 0 unspecified atom stereocenters. The zero-order chi connectivity index (χ0) is 8.39. The maximum absolute atomic E-state index is 5.66. The standard InChI is InChI=1S/C7H5ClN2S2/c8-6-4-12-7(10-6)9-5-1-2-11-3-5/h1-4H,(H,9,10). The summed E-state index contributed by atoms with van der Waals surface area (Å²) in [5.41, 5.74) is 1.06. The summed E-state index contributed by atoms with van der Waals surface area (Å²) >= 11 is 8.81. The predicted octanol–water partition coefficient (Wildman–Crippen LogP) is 3.60. The molecule has 0 radical (unpaired) electrons. The molecular weight excluding hydrogens is 212 g/mol. The minimum atomic E-state index is 0.540. The Balaban J connectivity index is 2.14. The molecule has 2 nitrogen and oxygen atoms in total. The second-order valence-corrected chi connectivity index (χ2v) is 4.14. The summed E-state index contributed by atoms with van der Waals surface area (Å²) in [5.74, 6) is 0. The number of thiazole rings is 1. The van der Waals surface area contributed by atoms with Crippen LogP contribution >= 0.6 is 34.3 Å². The van der Waals surface area contributed by atoms with Crippen molar-refractivity contribution >= 4 is 45.1 Å². The van der Waals surface area contributed by atoms with Crippen molar-refractivity contribution in [3.63, 3.8) is 0 Å². The Morgan fingerprint density at radius 2 is 2.33 bits per heavy atom. The highest BCUT2D eigenvalue weighted by Crippen LogP contribution is 2.24. The fourth-order valence-electron chi connectivity index (χ4n) is 0.771. The van der Waals surface area contributed by atoms with E-state index < -0.39 is 0 Å². The quantitative estimate of drug-likeness (QED) is 0.830. The van der Waals surface area contributed by atoms with Crippen molar-refractivity contribution < 1.29 is 0 Å². The fourth-order valence-corrected chi connectivity index (χ4v) is 2.22. The van der Waals surface area contributed by atoms with Gasteiger partial charge in [0.25, 0.3) is 0 Å². The van der Waals surface area contributed by atoms with E-state index in [0.717, 1.165) is 10.8 Å². The molecule has 2 aromatic rings. The highest BCUT2D eigenvalue weighted by Gasteiger charge is 1.99. The Morgan fingerprint density at radius 1 is 1.42 bits per heavy atom. The Kier molecular flexibility index (Phi) is 2.30. The molecule has 0 aliphatic rings. The predicted molar refractivity (Wildman–Crippen MR) is 54.7 cm³/mol. The number of hydrogen-bond donors (Lipinski definition) is 1. The van der Waals surface area contributed by atoms with Gasteiger partial charge in [0, 0.05) is 10.8 Å². The van der Waals surface area contributed by atoms with Crippen molar-refractivity contribution in [2.24, 2.45) is 0 Å². The van der Waals surface area contributed by atoms with Crippen LogP contribution in [0.15, 0.2) is 22.2 Å². The number of anilines is 2. The first-order valence-electron chi connectivity index (χ1n) is 3.25. The van der Waals surface area contributed by atoms with E-state index in [1.807, 2.05) is 16.8 Å². The number of nitrogens with zero attached hydrogens (tertiary/aromatic N) is 1. The average Bonchev–Trinajstić information content (AvgIpc) is 2.63. The van der Waals surface area contributed by atoms with E-state index in [1.54, 1.807) is 16.7 Å². The van der Waals surface area contributed by atoms with E-state index in [2.05, 4.69) is 10.3 Å². The van der Waals surface area contributed by atoms with Gasteiger partial charge in [-0.15, -0.1) is 11.3 Å². The highest BCUT2D eigenvalue weighted by molar-refractivity contribution is 7.14. The van der Waals surface area contributed by atoms with Gasteiger partial charge in [0.1, 0.15) is 5.15 Å². The first kappa shape index (κ1) is 8.04. The molecule has 0 aromatic carbocycles. The molecule has 62 valence electrons. The Labute approximate surface area is 82.8 Å². The third kappa shape index (κ3) is 1.77. The van der Waals surface area contributed by atoms with Crippen molar-refractivity contribution in [2.45, 2.75) is 0 Å². The third-order valence-corrected chi connectivity index (χ3v) is 3.01. The van der Waals surface area contributed by atoms with Crippen LogP contribution in [0, 0.1) is 0 Å². The number of halogens is 1. The van der Waals surface area contributed by atoms with E-state index >= 15 is 0 Å². The molecule has 0 spiro atoms. The summed E-state index contributed by atoms with van der Waals surface area (Å²) in [4.78, 5) is 4.06. The molecular formula is C7H5ClN2S2. The van der Waals surface area contributed by atoms with Gasteiger partial charge >= 0.3 is 0 Å². The monoisotopic (exact) mass is 216 g/mol. The first-order valence-corrected chi connectivity index (χ1v) is 5.45. The van der Waals surface area contributed by atoms with Gasteiger partial charge in [-0.25, -0.2) is 4.98 Å². The van der Waals surface area contributed by atoms with Crippen LogP contribution in [0.3, 0.4) is 0 Å². The minimum absolute atomic E-state index is 0.540. The summed E-state index contributed by atoms with van der Waals surface area (Å²) < 4.78 is 0. The van der Waals surface area contributed by atoms with E-state index in [0.29, 0.717) is 5.15 Å². The van der Waals surface area contributed by atoms with Gasteiger partial charge in [-0.1, -0.05) is 11.6 Å². The lowest BCUT2D eigenvalue weighted by Gasteiger charge is -1.95. The molecule has 0 saturated heterocycles. The fraction of sp³-hybridized carbons (Fsp3) is 0. The Bertz CT molecular complexity index is 355. The smallest absolute Gasteiger partial charge is 0.188 e. The van der Waals surface area contributed by atoms with E-state index in [-0.39, 0.29) is 0 Å². The van der Waals surface area contributed by atoms with Crippen LogP contribution in [0.2, 0.25) is 5.15 Å². The number of hydrogen-bond acceptors (Lipinski definition) is 4. The molecule has 0 saturated carbocycles. The summed E-state index contributed by atoms with van der Waals surface area (Å²) in [6, 6.07) is 2.00. The van der Waals surface area contributed by atoms with Gasteiger partial charge in [-0.2, -0.15) is 11.3 Å². The molecule has 2 heterocycles. The maximum Gasteiger partial charge on any atom is 0.188 e. The van der Waals surface area contributed by atoms with Gasteiger partial charge in [-0.3, -0.25) is 0 Å². The van der Waals surface area contributed by atoms with Crippen LogP contribution in [-0.2, 0) is 0 Å². The van der Waals surface area contributed by atoms with Crippen molar-refractivity contribution in [2.75, 3.05) is 5.32 Å². The molecule has 2 aromatic heterocycles. The molecule has 0 amide bonds. The summed E-state index contributed by atoms with van der Waals surface area (Å²) in [6.45, 7) is 0. The SMILES string of the molecule is Clc1csc(Nc2ccsc2)n1. The lowest BCUT2D eigenvalue weighted by atomic mass is 10.5. The number of rotatable bonds is 2. The van der Waals surface area contributed by atoms with Crippen LogP contribution in [0.1, 0.15) is 0 Å². The molecule has 0 atom stereocenters. The normalized spacial score (nSPS) is 10.1.